The van der Waals surface area contributed by atoms with E-state index < -0.39 is 5.97 Å². The van der Waals surface area contributed by atoms with Gasteiger partial charge in [0.15, 0.2) is 0 Å². The van der Waals surface area contributed by atoms with E-state index in [1.54, 1.807) is 48.4 Å². The second-order valence-corrected chi connectivity index (χ2v) is 7.59. The van der Waals surface area contributed by atoms with Gasteiger partial charge in [-0.2, -0.15) is 0 Å². The number of benzene rings is 2. The van der Waals surface area contributed by atoms with E-state index in [0.717, 1.165) is 16.2 Å². The molecule has 3 rings (SSSR count). The number of rotatable bonds is 6. The Labute approximate surface area is 169 Å². The van der Waals surface area contributed by atoms with Crippen LogP contribution in [0.4, 0.5) is 5.69 Å². The van der Waals surface area contributed by atoms with E-state index >= 15 is 0 Å². The zero-order valence-electron chi connectivity index (χ0n) is 14.1. The standard InChI is InChI=1S/C20H15BrN2O3S/c21-15-4-5-18(17(11-15)20(25)26)23-19(24)14-2-1-3-16(10-14)27-12-13-6-8-22-9-7-13/h1-11H,12H2,(H,23,24)(H,25,26). The van der Waals surface area contributed by atoms with Crippen LogP contribution in [0.15, 0.2) is 76.4 Å². The summed E-state index contributed by atoms with van der Waals surface area (Å²) in [6.45, 7) is 0. The summed E-state index contributed by atoms with van der Waals surface area (Å²) in [5, 5.41) is 12.0. The van der Waals surface area contributed by atoms with Crippen LogP contribution in [-0.2, 0) is 5.75 Å². The quantitative estimate of drug-likeness (QED) is 0.519. The van der Waals surface area contributed by atoms with Crippen molar-refractivity contribution in [3.05, 3.63) is 88.2 Å². The number of carbonyl (C=O) groups excluding carboxylic acids is 1. The van der Waals surface area contributed by atoms with E-state index in [4.69, 9.17) is 0 Å². The molecule has 2 aromatic carbocycles. The van der Waals surface area contributed by atoms with E-state index in [0.29, 0.717) is 10.0 Å². The third kappa shape index (κ3) is 5.18. The van der Waals surface area contributed by atoms with Gasteiger partial charge in [-0.1, -0.05) is 22.0 Å². The second-order valence-electron chi connectivity index (χ2n) is 5.62. The van der Waals surface area contributed by atoms with Crippen LogP contribution in [0.3, 0.4) is 0 Å². The summed E-state index contributed by atoms with van der Waals surface area (Å²) in [5.41, 5.74) is 1.89. The minimum Gasteiger partial charge on any atom is -0.478 e. The second kappa shape index (κ2) is 8.83. The van der Waals surface area contributed by atoms with Gasteiger partial charge in [0.1, 0.15) is 0 Å². The molecule has 0 saturated heterocycles. The number of thioether (sulfide) groups is 1. The number of carboxylic acid groups (broad SMARTS) is 1. The maximum atomic E-state index is 12.6. The fourth-order valence-corrected chi connectivity index (χ4v) is 3.64. The highest BCUT2D eigenvalue weighted by Gasteiger charge is 2.14. The Morgan fingerprint density at radius 3 is 2.59 bits per heavy atom. The van der Waals surface area contributed by atoms with Crippen LogP contribution in [-0.4, -0.2) is 22.0 Å². The summed E-state index contributed by atoms with van der Waals surface area (Å²) in [5.74, 6) is -0.692. The average Bonchev–Trinajstić information content (AvgIpc) is 2.68. The van der Waals surface area contributed by atoms with Crippen molar-refractivity contribution >= 4 is 45.3 Å². The van der Waals surface area contributed by atoms with Crippen LogP contribution in [0.1, 0.15) is 26.3 Å². The first-order chi connectivity index (χ1) is 13.0. The molecule has 2 N–H and O–H groups in total. The molecule has 136 valence electrons. The highest BCUT2D eigenvalue weighted by molar-refractivity contribution is 9.10. The molecule has 0 unspecified atom stereocenters. The monoisotopic (exact) mass is 442 g/mol. The van der Waals surface area contributed by atoms with Gasteiger partial charge in [0.2, 0.25) is 0 Å². The Balaban J connectivity index is 1.73. The van der Waals surface area contributed by atoms with Gasteiger partial charge in [-0.25, -0.2) is 4.79 Å². The summed E-state index contributed by atoms with van der Waals surface area (Å²) in [4.78, 5) is 28.9. The van der Waals surface area contributed by atoms with E-state index in [1.807, 2.05) is 24.3 Å². The highest BCUT2D eigenvalue weighted by atomic mass is 79.9. The number of pyridine rings is 1. The first-order valence-electron chi connectivity index (χ1n) is 7.99. The van der Waals surface area contributed by atoms with Crippen molar-refractivity contribution in [1.82, 2.24) is 4.98 Å². The topological polar surface area (TPSA) is 79.3 Å². The molecule has 0 saturated carbocycles. The zero-order chi connectivity index (χ0) is 19.2. The molecule has 0 bridgehead atoms. The molecule has 0 aliphatic carbocycles. The Morgan fingerprint density at radius 2 is 1.85 bits per heavy atom. The summed E-state index contributed by atoms with van der Waals surface area (Å²) >= 11 is 4.85. The van der Waals surface area contributed by atoms with Crippen molar-refractivity contribution in [3.63, 3.8) is 0 Å². The largest absolute Gasteiger partial charge is 0.478 e. The van der Waals surface area contributed by atoms with Gasteiger partial charge in [0.25, 0.3) is 5.91 Å². The van der Waals surface area contributed by atoms with E-state index in [2.05, 4.69) is 26.2 Å². The Hall–Kier alpha value is -2.64. The van der Waals surface area contributed by atoms with E-state index in [-0.39, 0.29) is 17.2 Å². The smallest absolute Gasteiger partial charge is 0.337 e. The zero-order valence-corrected chi connectivity index (χ0v) is 16.5. The lowest BCUT2D eigenvalue weighted by molar-refractivity contribution is 0.0698. The van der Waals surface area contributed by atoms with E-state index in [1.165, 1.54) is 6.07 Å². The first kappa shape index (κ1) is 19.1. The number of hydrogen-bond acceptors (Lipinski definition) is 4. The number of amides is 1. The van der Waals surface area contributed by atoms with Crippen LogP contribution in [0, 0.1) is 0 Å². The fraction of sp³-hybridized carbons (Fsp3) is 0.0500. The Bertz CT molecular complexity index is 980. The van der Waals surface area contributed by atoms with E-state index in [9.17, 15) is 14.7 Å². The van der Waals surface area contributed by atoms with Crippen molar-refractivity contribution in [2.24, 2.45) is 0 Å². The number of halogens is 1. The Kier molecular flexibility index (Phi) is 6.26. The molecule has 0 aliphatic rings. The minimum atomic E-state index is -1.10. The molecule has 1 heterocycles. The summed E-state index contributed by atoms with van der Waals surface area (Å²) < 4.78 is 0.632. The fourth-order valence-electron chi connectivity index (χ4n) is 2.37. The third-order valence-electron chi connectivity index (χ3n) is 3.71. The molecule has 1 aromatic heterocycles. The molecule has 0 fully saturated rings. The lowest BCUT2D eigenvalue weighted by Crippen LogP contribution is -2.14. The van der Waals surface area contributed by atoms with Crippen molar-refractivity contribution < 1.29 is 14.7 Å². The maximum absolute atomic E-state index is 12.6. The number of aromatic nitrogens is 1. The van der Waals surface area contributed by atoms with Crippen LogP contribution >= 0.6 is 27.7 Å². The molecule has 0 aliphatic heterocycles. The number of carbonyl (C=O) groups is 2. The van der Waals surface area contributed by atoms with Gasteiger partial charge in [-0.05, 0) is 54.1 Å². The lowest BCUT2D eigenvalue weighted by atomic mass is 10.1. The molecule has 0 radical (unpaired) electrons. The normalized spacial score (nSPS) is 10.4. The van der Waals surface area contributed by atoms with Crippen LogP contribution in [0.2, 0.25) is 0 Å². The van der Waals surface area contributed by atoms with Crippen molar-refractivity contribution in [1.29, 1.82) is 0 Å². The maximum Gasteiger partial charge on any atom is 0.337 e. The Morgan fingerprint density at radius 1 is 1.07 bits per heavy atom. The van der Waals surface area contributed by atoms with Gasteiger partial charge in [0, 0.05) is 33.1 Å². The minimum absolute atomic E-state index is 0.0286. The summed E-state index contributed by atoms with van der Waals surface area (Å²) in [6, 6.07) is 15.8. The van der Waals surface area contributed by atoms with Crippen molar-refractivity contribution in [3.8, 4) is 0 Å². The SMILES string of the molecule is O=C(Nc1ccc(Br)cc1C(=O)O)c1cccc(SCc2ccncc2)c1. The molecule has 0 atom stereocenters. The van der Waals surface area contributed by atoms with Crippen LogP contribution < -0.4 is 5.32 Å². The number of hydrogen-bond donors (Lipinski definition) is 2. The van der Waals surface area contributed by atoms with Crippen molar-refractivity contribution in [2.75, 3.05) is 5.32 Å². The number of nitrogens with one attached hydrogen (secondary N) is 1. The van der Waals surface area contributed by atoms with Gasteiger partial charge in [-0.15, -0.1) is 11.8 Å². The molecule has 3 aromatic rings. The molecular formula is C20H15BrN2O3S. The number of carboxylic acids is 1. The molecular weight excluding hydrogens is 428 g/mol. The van der Waals surface area contributed by atoms with Gasteiger partial charge in [0.05, 0.1) is 11.3 Å². The highest BCUT2D eigenvalue weighted by Crippen LogP contribution is 2.25. The lowest BCUT2D eigenvalue weighted by Gasteiger charge is -2.10. The molecule has 5 nitrogen and oxygen atoms in total. The summed E-state index contributed by atoms with van der Waals surface area (Å²) in [6.07, 6.45) is 3.50. The molecule has 27 heavy (non-hydrogen) atoms. The van der Waals surface area contributed by atoms with Crippen LogP contribution in [0.25, 0.3) is 0 Å². The summed E-state index contributed by atoms with van der Waals surface area (Å²) in [7, 11) is 0. The molecule has 7 heteroatoms. The molecule has 1 amide bonds. The number of anilines is 1. The molecule has 0 spiro atoms. The van der Waals surface area contributed by atoms with Crippen LogP contribution in [0.5, 0.6) is 0 Å². The van der Waals surface area contributed by atoms with Gasteiger partial charge >= 0.3 is 5.97 Å². The average molecular weight is 443 g/mol. The third-order valence-corrected chi connectivity index (χ3v) is 5.27. The van der Waals surface area contributed by atoms with Gasteiger partial charge < -0.3 is 10.4 Å². The number of aromatic carboxylic acids is 1. The first-order valence-corrected chi connectivity index (χ1v) is 9.77. The van der Waals surface area contributed by atoms with Crippen molar-refractivity contribution in [2.45, 2.75) is 10.6 Å². The predicted octanol–water partition coefficient (Wildman–Crippen LogP) is 5.09. The number of nitrogens with zero attached hydrogens (tertiary/aromatic N) is 1. The van der Waals surface area contributed by atoms with Gasteiger partial charge in [-0.3, -0.25) is 9.78 Å². The predicted molar refractivity (Wildman–Crippen MR) is 109 cm³/mol.